The SMILES string of the molecule is Nc1nc(I)cc2c1c(-c1ccc(Oc3ccccc3)cc1)nn2C1CCCNC1. The van der Waals surface area contributed by atoms with Crippen LogP contribution in [0, 0.1) is 3.70 Å². The van der Waals surface area contributed by atoms with E-state index in [1.165, 1.54) is 0 Å². The number of halogens is 1. The van der Waals surface area contributed by atoms with Gasteiger partial charge in [-0.05, 0) is 84.4 Å². The molecule has 2 aromatic carbocycles. The number of nitrogens with two attached hydrogens (primary N) is 1. The first-order chi connectivity index (χ1) is 14.7. The lowest BCUT2D eigenvalue weighted by molar-refractivity contribution is 0.355. The highest BCUT2D eigenvalue weighted by Crippen LogP contribution is 2.35. The number of fused-ring (bicyclic) bond motifs is 1. The second kappa shape index (κ2) is 8.23. The molecule has 0 bridgehead atoms. The van der Waals surface area contributed by atoms with Crippen molar-refractivity contribution in [2.24, 2.45) is 0 Å². The first-order valence-corrected chi connectivity index (χ1v) is 11.2. The van der Waals surface area contributed by atoms with Gasteiger partial charge >= 0.3 is 0 Å². The summed E-state index contributed by atoms with van der Waals surface area (Å²) in [6.07, 6.45) is 2.25. The molecule has 2 aromatic heterocycles. The number of nitrogens with zero attached hydrogens (tertiary/aromatic N) is 3. The number of pyridine rings is 1. The van der Waals surface area contributed by atoms with E-state index in [0.717, 1.165) is 63.3 Å². The summed E-state index contributed by atoms with van der Waals surface area (Å²) in [5.74, 6) is 2.12. The number of anilines is 1. The maximum absolute atomic E-state index is 6.36. The van der Waals surface area contributed by atoms with Crippen LogP contribution in [-0.2, 0) is 0 Å². The molecule has 1 saturated heterocycles. The molecular weight excluding hydrogens is 489 g/mol. The summed E-state index contributed by atoms with van der Waals surface area (Å²) in [5, 5.41) is 9.41. The summed E-state index contributed by atoms with van der Waals surface area (Å²) in [5.41, 5.74) is 9.26. The largest absolute Gasteiger partial charge is 0.457 e. The number of aromatic nitrogens is 3. The molecule has 0 amide bonds. The number of benzene rings is 2. The molecule has 152 valence electrons. The van der Waals surface area contributed by atoms with Crippen LogP contribution in [0.3, 0.4) is 0 Å². The molecule has 1 aliphatic heterocycles. The molecule has 0 aliphatic carbocycles. The van der Waals surface area contributed by atoms with E-state index in [1.807, 2.05) is 54.6 Å². The minimum atomic E-state index is 0.313. The molecule has 1 unspecified atom stereocenters. The molecule has 1 atom stereocenters. The van der Waals surface area contributed by atoms with E-state index in [-0.39, 0.29) is 0 Å². The summed E-state index contributed by atoms with van der Waals surface area (Å²) in [6.45, 7) is 1.98. The zero-order chi connectivity index (χ0) is 20.5. The fraction of sp³-hybridized carbons (Fsp3) is 0.217. The highest BCUT2D eigenvalue weighted by molar-refractivity contribution is 14.1. The summed E-state index contributed by atoms with van der Waals surface area (Å²) in [6, 6.07) is 20.1. The lowest BCUT2D eigenvalue weighted by Crippen LogP contribution is -2.32. The average molecular weight is 511 g/mol. The van der Waals surface area contributed by atoms with Gasteiger partial charge in [-0.15, -0.1) is 0 Å². The molecule has 3 heterocycles. The van der Waals surface area contributed by atoms with Crippen LogP contribution in [0.25, 0.3) is 22.2 Å². The number of nitrogen functional groups attached to an aromatic ring is 1. The van der Waals surface area contributed by atoms with Crippen LogP contribution in [-0.4, -0.2) is 27.9 Å². The highest BCUT2D eigenvalue weighted by Gasteiger charge is 2.23. The Hall–Kier alpha value is -2.65. The van der Waals surface area contributed by atoms with Gasteiger partial charge in [-0.25, -0.2) is 4.98 Å². The van der Waals surface area contributed by atoms with Crippen molar-refractivity contribution in [1.29, 1.82) is 0 Å². The maximum atomic E-state index is 6.36. The van der Waals surface area contributed by atoms with Gasteiger partial charge < -0.3 is 15.8 Å². The van der Waals surface area contributed by atoms with Gasteiger partial charge in [-0.2, -0.15) is 5.10 Å². The molecule has 1 aliphatic rings. The predicted molar refractivity (Wildman–Crippen MR) is 128 cm³/mol. The summed E-state index contributed by atoms with van der Waals surface area (Å²) in [4.78, 5) is 4.49. The fourth-order valence-corrected chi connectivity index (χ4v) is 4.54. The van der Waals surface area contributed by atoms with Gasteiger partial charge in [-0.3, -0.25) is 4.68 Å². The van der Waals surface area contributed by atoms with E-state index in [9.17, 15) is 0 Å². The van der Waals surface area contributed by atoms with Crippen molar-refractivity contribution in [2.45, 2.75) is 18.9 Å². The zero-order valence-corrected chi connectivity index (χ0v) is 18.5. The molecule has 7 heteroatoms. The smallest absolute Gasteiger partial charge is 0.136 e. The molecule has 5 rings (SSSR count). The molecule has 1 fully saturated rings. The van der Waals surface area contributed by atoms with Gasteiger partial charge in [0.1, 0.15) is 26.7 Å². The maximum Gasteiger partial charge on any atom is 0.136 e. The van der Waals surface area contributed by atoms with E-state index in [0.29, 0.717) is 11.9 Å². The van der Waals surface area contributed by atoms with Gasteiger partial charge in [-0.1, -0.05) is 18.2 Å². The van der Waals surface area contributed by atoms with E-state index < -0.39 is 0 Å². The molecule has 0 saturated carbocycles. The lowest BCUT2D eigenvalue weighted by atomic mass is 10.1. The molecule has 0 radical (unpaired) electrons. The zero-order valence-electron chi connectivity index (χ0n) is 16.4. The standard InChI is InChI=1S/C23H22IN5O/c24-20-13-19-21(23(25)27-20)22(28-29(19)16-5-4-12-26-14-16)15-8-10-18(11-9-15)30-17-6-2-1-3-7-17/h1-3,6-11,13,16,26H,4-5,12,14H2,(H2,25,27). The minimum absolute atomic E-state index is 0.313. The predicted octanol–water partition coefficient (Wildman–Crippen LogP) is 5.00. The Morgan fingerprint density at radius 2 is 1.83 bits per heavy atom. The highest BCUT2D eigenvalue weighted by atomic mass is 127. The van der Waals surface area contributed by atoms with Crippen LogP contribution in [0.4, 0.5) is 5.82 Å². The number of rotatable bonds is 4. The Balaban J connectivity index is 1.55. The Morgan fingerprint density at radius 3 is 2.57 bits per heavy atom. The van der Waals surface area contributed by atoms with E-state index in [4.69, 9.17) is 15.6 Å². The summed E-state index contributed by atoms with van der Waals surface area (Å²) >= 11 is 2.22. The monoisotopic (exact) mass is 511 g/mol. The van der Waals surface area contributed by atoms with Crippen molar-refractivity contribution in [2.75, 3.05) is 18.8 Å². The molecule has 6 nitrogen and oxygen atoms in total. The second-order valence-corrected chi connectivity index (χ2v) is 8.56. The van der Waals surface area contributed by atoms with E-state index in [1.54, 1.807) is 0 Å². The van der Waals surface area contributed by atoms with Gasteiger partial charge in [0.25, 0.3) is 0 Å². The molecule has 30 heavy (non-hydrogen) atoms. The van der Waals surface area contributed by atoms with Gasteiger partial charge in [0.2, 0.25) is 0 Å². The Bertz CT molecular complexity index is 1170. The Morgan fingerprint density at radius 1 is 1.07 bits per heavy atom. The number of piperidine rings is 1. The number of hydrogen-bond donors (Lipinski definition) is 2. The minimum Gasteiger partial charge on any atom is -0.457 e. The van der Waals surface area contributed by atoms with Crippen molar-refractivity contribution in [3.63, 3.8) is 0 Å². The Labute approximate surface area is 188 Å². The topological polar surface area (TPSA) is 78.0 Å². The quantitative estimate of drug-likeness (QED) is 0.298. The van der Waals surface area contributed by atoms with E-state index >= 15 is 0 Å². The summed E-state index contributed by atoms with van der Waals surface area (Å²) < 4.78 is 8.93. The number of nitrogens with one attached hydrogen (secondary N) is 1. The molecule has 4 aromatic rings. The Kier molecular flexibility index (Phi) is 5.30. The van der Waals surface area contributed by atoms with Crippen molar-refractivity contribution < 1.29 is 4.74 Å². The normalized spacial score (nSPS) is 16.6. The number of hydrogen-bond acceptors (Lipinski definition) is 5. The van der Waals surface area contributed by atoms with Crippen molar-refractivity contribution in [1.82, 2.24) is 20.1 Å². The van der Waals surface area contributed by atoms with Gasteiger partial charge in [0.05, 0.1) is 16.9 Å². The van der Waals surface area contributed by atoms with Crippen molar-refractivity contribution in [3.8, 4) is 22.8 Å². The van der Waals surface area contributed by atoms with Crippen LogP contribution in [0.1, 0.15) is 18.9 Å². The van der Waals surface area contributed by atoms with Crippen LogP contribution in [0.5, 0.6) is 11.5 Å². The molecule has 3 N–H and O–H groups in total. The van der Waals surface area contributed by atoms with E-state index in [2.05, 4.69) is 43.6 Å². The average Bonchev–Trinajstić information content (AvgIpc) is 3.15. The first kappa shape index (κ1) is 19.3. The van der Waals surface area contributed by atoms with Crippen molar-refractivity contribution in [3.05, 3.63) is 64.4 Å². The second-order valence-electron chi connectivity index (χ2n) is 7.46. The molecular formula is C23H22IN5O. The van der Waals surface area contributed by atoms with Crippen LogP contribution in [0.2, 0.25) is 0 Å². The van der Waals surface area contributed by atoms with Crippen molar-refractivity contribution >= 4 is 39.3 Å². The fourth-order valence-electron chi connectivity index (χ4n) is 3.98. The summed E-state index contributed by atoms with van der Waals surface area (Å²) in [7, 11) is 0. The first-order valence-electron chi connectivity index (χ1n) is 10.1. The number of ether oxygens (including phenoxy) is 1. The third-order valence-electron chi connectivity index (χ3n) is 5.41. The van der Waals surface area contributed by atoms with Gasteiger partial charge in [0.15, 0.2) is 0 Å². The number of para-hydroxylation sites is 1. The third-order valence-corrected chi connectivity index (χ3v) is 5.96. The van der Waals surface area contributed by atoms with Crippen LogP contribution in [0.15, 0.2) is 60.7 Å². The van der Waals surface area contributed by atoms with Crippen LogP contribution < -0.4 is 15.8 Å². The third kappa shape index (κ3) is 3.75. The molecule has 0 spiro atoms. The van der Waals surface area contributed by atoms with Gasteiger partial charge in [0, 0.05) is 12.1 Å². The lowest BCUT2D eigenvalue weighted by Gasteiger charge is -2.23. The van der Waals surface area contributed by atoms with Crippen LogP contribution >= 0.6 is 22.6 Å².